The van der Waals surface area contributed by atoms with Gasteiger partial charge in [0.05, 0.1) is 5.01 Å². The van der Waals surface area contributed by atoms with Crippen molar-refractivity contribution in [2.45, 2.75) is 13.3 Å². The molecule has 0 saturated heterocycles. The number of carbonyl (C=O) groups is 2. The number of aromatic nitrogens is 3. The van der Waals surface area contributed by atoms with Crippen molar-refractivity contribution >= 4 is 28.9 Å². The maximum Gasteiger partial charge on any atom is 0.355 e. The average molecular weight is 330 g/mol. The van der Waals surface area contributed by atoms with Gasteiger partial charge >= 0.3 is 5.97 Å². The summed E-state index contributed by atoms with van der Waals surface area (Å²) in [7, 11) is 0. The second-order valence-corrected chi connectivity index (χ2v) is 5.93. The SMILES string of the molecule is Cc1cccn2cc(C(=O)NCCc3nc(C(=O)O)cs3)nc12. The average Bonchev–Trinajstić information content (AvgIpc) is 3.14. The molecule has 8 heteroatoms. The van der Waals surface area contributed by atoms with Crippen molar-refractivity contribution in [3.8, 4) is 0 Å². The highest BCUT2D eigenvalue weighted by atomic mass is 32.1. The number of fused-ring (bicyclic) bond motifs is 1. The maximum absolute atomic E-state index is 12.1. The number of hydrogen-bond acceptors (Lipinski definition) is 5. The maximum atomic E-state index is 12.1. The molecule has 0 aliphatic rings. The van der Waals surface area contributed by atoms with Gasteiger partial charge in [-0.2, -0.15) is 0 Å². The molecule has 0 aliphatic heterocycles. The molecule has 0 fully saturated rings. The fraction of sp³-hybridized carbons (Fsp3) is 0.200. The van der Waals surface area contributed by atoms with E-state index in [0.717, 1.165) is 11.2 Å². The van der Waals surface area contributed by atoms with Gasteiger partial charge < -0.3 is 14.8 Å². The monoisotopic (exact) mass is 330 g/mol. The van der Waals surface area contributed by atoms with E-state index in [-0.39, 0.29) is 11.6 Å². The van der Waals surface area contributed by atoms with E-state index in [2.05, 4.69) is 15.3 Å². The molecule has 7 nitrogen and oxygen atoms in total. The molecule has 0 unspecified atom stereocenters. The third-order valence-corrected chi connectivity index (χ3v) is 4.21. The fourth-order valence-electron chi connectivity index (χ4n) is 2.16. The molecule has 3 heterocycles. The zero-order chi connectivity index (χ0) is 16.4. The normalized spacial score (nSPS) is 10.8. The van der Waals surface area contributed by atoms with Gasteiger partial charge in [0.1, 0.15) is 11.3 Å². The number of pyridine rings is 1. The van der Waals surface area contributed by atoms with Crippen LogP contribution in [0, 0.1) is 6.92 Å². The van der Waals surface area contributed by atoms with Gasteiger partial charge in [-0.3, -0.25) is 4.79 Å². The minimum Gasteiger partial charge on any atom is -0.476 e. The second kappa shape index (κ2) is 6.17. The number of aromatic carboxylic acids is 1. The van der Waals surface area contributed by atoms with Gasteiger partial charge in [0.2, 0.25) is 0 Å². The predicted molar refractivity (Wildman–Crippen MR) is 85.0 cm³/mol. The minimum absolute atomic E-state index is 0.0344. The van der Waals surface area contributed by atoms with Gasteiger partial charge in [0.25, 0.3) is 5.91 Å². The summed E-state index contributed by atoms with van der Waals surface area (Å²) in [4.78, 5) is 31.2. The predicted octanol–water partition coefficient (Wildman–Crippen LogP) is 1.77. The second-order valence-electron chi connectivity index (χ2n) is 4.99. The highest BCUT2D eigenvalue weighted by Crippen LogP contribution is 2.11. The molecule has 23 heavy (non-hydrogen) atoms. The summed E-state index contributed by atoms with van der Waals surface area (Å²) in [6, 6.07) is 3.83. The van der Waals surface area contributed by atoms with Crippen LogP contribution in [0.25, 0.3) is 5.65 Å². The molecule has 3 aromatic heterocycles. The van der Waals surface area contributed by atoms with Crippen LogP contribution in [-0.2, 0) is 6.42 Å². The molecule has 2 N–H and O–H groups in total. The van der Waals surface area contributed by atoms with E-state index in [0.29, 0.717) is 23.7 Å². The number of nitrogens with one attached hydrogen (secondary N) is 1. The Kier molecular flexibility index (Phi) is 4.07. The van der Waals surface area contributed by atoms with Crippen molar-refractivity contribution < 1.29 is 14.7 Å². The van der Waals surface area contributed by atoms with Gasteiger partial charge in [0, 0.05) is 30.7 Å². The molecular weight excluding hydrogens is 316 g/mol. The third kappa shape index (κ3) is 3.21. The van der Waals surface area contributed by atoms with E-state index in [1.54, 1.807) is 6.20 Å². The smallest absolute Gasteiger partial charge is 0.355 e. The minimum atomic E-state index is -1.04. The third-order valence-electron chi connectivity index (χ3n) is 3.31. The Hall–Kier alpha value is -2.74. The number of carboxylic acid groups (broad SMARTS) is 1. The van der Waals surface area contributed by atoms with Crippen LogP contribution in [0.15, 0.2) is 29.9 Å². The molecule has 0 atom stereocenters. The van der Waals surface area contributed by atoms with E-state index < -0.39 is 5.97 Å². The van der Waals surface area contributed by atoms with Gasteiger partial charge in [-0.25, -0.2) is 14.8 Å². The van der Waals surface area contributed by atoms with Crippen LogP contribution in [0.5, 0.6) is 0 Å². The molecule has 0 bridgehead atoms. The van der Waals surface area contributed by atoms with Crippen molar-refractivity contribution in [2.75, 3.05) is 6.54 Å². The highest BCUT2D eigenvalue weighted by molar-refractivity contribution is 7.09. The molecule has 0 aliphatic carbocycles. The van der Waals surface area contributed by atoms with Crippen LogP contribution in [-0.4, -0.2) is 37.9 Å². The number of thiazole rings is 1. The first kappa shape index (κ1) is 15.2. The first-order valence-corrected chi connectivity index (χ1v) is 7.83. The lowest BCUT2D eigenvalue weighted by Gasteiger charge is -2.00. The number of carboxylic acids is 1. The Bertz CT molecular complexity index is 884. The number of nitrogens with zero attached hydrogens (tertiary/aromatic N) is 3. The number of imidazole rings is 1. The first-order valence-electron chi connectivity index (χ1n) is 6.95. The van der Waals surface area contributed by atoms with Crippen molar-refractivity contribution in [2.24, 2.45) is 0 Å². The van der Waals surface area contributed by atoms with Gasteiger partial charge in [0.15, 0.2) is 5.69 Å². The van der Waals surface area contributed by atoms with E-state index >= 15 is 0 Å². The van der Waals surface area contributed by atoms with E-state index in [1.807, 2.05) is 29.7 Å². The molecule has 0 saturated carbocycles. The van der Waals surface area contributed by atoms with Crippen LogP contribution in [0.3, 0.4) is 0 Å². The molecule has 0 spiro atoms. The van der Waals surface area contributed by atoms with Gasteiger partial charge in [-0.15, -0.1) is 11.3 Å². The van der Waals surface area contributed by atoms with Gasteiger partial charge in [-0.1, -0.05) is 6.07 Å². The summed E-state index contributed by atoms with van der Waals surface area (Å²) in [5.41, 5.74) is 2.14. The van der Waals surface area contributed by atoms with Crippen LogP contribution < -0.4 is 5.32 Å². The van der Waals surface area contributed by atoms with E-state index in [4.69, 9.17) is 5.11 Å². The number of hydrogen-bond donors (Lipinski definition) is 2. The molecular formula is C15H14N4O3S. The molecule has 0 radical (unpaired) electrons. The van der Waals surface area contributed by atoms with Crippen LogP contribution >= 0.6 is 11.3 Å². The Balaban J connectivity index is 1.62. The highest BCUT2D eigenvalue weighted by Gasteiger charge is 2.12. The van der Waals surface area contributed by atoms with E-state index in [1.165, 1.54) is 16.7 Å². The van der Waals surface area contributed by atoms with Gasteiger partial charge in [-0.05, 0) is 18.6 Å². The molecule has 118 valence electrons. The standard InChI is InChI=1S/C15H14N4O3S/c1-9-3-2-6-19-7-10(18-13(9)19)14(20)16-5-4-12-17-11(8-23-12)15(21)22/h2-3,6-8H,4-5H2,1H3,(H,16,20)(H,21,22). The lowest BCUT2D eigenvalue weighted by Crippen LogP contribution is -2.26. The molecule has 3 rings (SSSR count). The van der Waals surface area contributed by atoms with Crippen molar-refractivity contribution in [1.29, 1.82) is 0 Å². The molecule has 3 aromatic rings. The molecule has 0 aromatic carbocycles. The zero-order valence-electron chi connectivity index (χ0n) is 12.3. The molecule has 1 amide bonds. The summed E-state index contributed by atoms with van der Waals surface area (Å²) in [6.07, 6.45) is 4.01. The number of rotatable bonds is 5. The zero-order valence-corrected chi connectivity index (χ0v) is 13.1. The lowest BCUT2D eigenvalue weighted by molar-refractivity contribution is 0.0690. The van der Waals surface area contributed by atoms with Crippen molar-refractivity contribution in [1.82, 2.24) is 19.7 Å². The number of aryl methyl sites for hydroxylation is 1. The fourth-order valence-corrected chi connectivity index (χ4v) is 2.93. The van der Waals surface area contributed by atoms with Crippen LogP contribution in [0.4, 0.5) is 0 Å². The summed E-state index contributed by atoms with van der Waals surface area (Å²) in [5.74, 6) is -1.31. The number of amides is 1. The summed E-state index contributed by atoms with van der Waals surface area (Å²) < 4.78 is 1.81. The Morgan fingerprint density at radius 1 is 1.35 bits per heavy atom. The Morgan fingerprint density at radius 2 is 2.17 bits per heavy atom. The summed E-state index contributed by atoms with van der Waals surface area (Å²) >= 11 is 1.27. The van der Waals surface area contributed by atoms with Crippen LogP contribution in [0.1, 0.15) is 31.5 Å². The largest absolute Gasteiger partial charge is 0.476 e. The quantitative estimate of drug-likeness (QED) is 0.743. The summed E-state index contributed by atoms with van der Waals surface area (Å²) in [6.45, 7) is 2.31. The Morgan fingerprint density at radius 3 is 2.87 bits per heavy atom. The first-order chi connectivity index (χ1) is 11.0. The van der Waals surface area contributed by atoms with Crippen molar-refractivity contribution in [3.63, 3.8) is 0 Å². The lowest BCUT2D eigenvalue weighted by atomic mass is 10.3. The summed E-state index contributed by atoms with van der Waals surface area (Å²) in [5, 5.41) is 13.8. The van der Waals surface area contributed by atoms with Crippen molar-refractivity contribution in [3.05, 3.63) is 51.9 Å². The van der Waals surface area contributed by atoms with Crippen LogP contribution in [0.2, 0.25) is 0 Å². The van der Waals surface area contributed by atoms with E-state index in [9.17, 15) is 9.59 Å². The Labute approximate surface area is 135 Å². The number of carbonyl (C=O) groups excluding carboxylic acids is 1. The topological polar surface area (TPSA) is 96.6 Å².